The molecule has 0 saturated heterocycles. The van der Waals surface area contributed by atoms with Crippen LogP contribution in [0.15, 0.2) is 18.3 Å². The minimum Gasteiger partial charge on any atom is -0.490 e. The molecule has 0 aliphatic heterocycles. The molecule has 0 saturated carbocycles. The molecule has 3 nitrogen and oxygen atoms in total. The summed E-state index contributed by atoms with van der Waals surface area (Å²) in [7, 11) is 1.66. The molecule has 0 spiro atoms. The Bertz CT molecular complexity index is 246. The van der Waals surface area contributed by atoms with E-state index in [-0.39, 0.29) is 0 Å². The molecule has 3 heteroatoms. The van der Waals surface area contributed by atoms with Crippen LogP contribution >= 0.6 is 0 Å². The van der Waals surface area contributed by atoms with Crippen molar-refractivity contribution in [1.82, 2.24) is 4.98 Å². The van der Waals surface area contributed by atoms with Gasteiger partial charge in [0, 0.05) is 12.8 Å². The summed E-state index contributed by atoms with van der Waals surface area (Å²) in [6.45, 7) is 3.33. The van der Waals surface area contributed by atoms with Crippen LogP contribution in [-0.4, -0.2) is 25.3 Å². The van der Waals surface area contributed by atoms with Crippen molar-refractivity contribution in [1.29, 1.82) is 0 Å². The van der Waals surface area contributed by atoms with Crippen LogP contribution in [0.2, 0.25) is 0 Å². The van der Waals surface area contributed by atoms with Crippen LogP contribution in [0.25, 0.3) is 0 Å². The molecular weight excluding hydrogens is 178 g/mol. The summed E-state index contributed by atoms with van der Waals surface area (Å²) in [6.07, 6.45) is 3.91. The molecule has 0 aromatic carbocycles. The van der Waals surface area contributed by atoms with E-state index in [1.807, 2.05) is 12.1 Å². The van der Waals surface area contributed by atoms with Crippen molar-refractivity contribution in [2.24, 2.45) is 0 Å². The van der Waals surface area contributed by atoms with Crippen LogP contribution in [0, 0.1) is 0 Å². The molecule has 0 fully saturated rings. The van der Waals surface area contributed by atoms with Gasteiger partial charge >= 0.3 is 0 Å². The number of ether oxygens (including phenoxy) is 2. The number of pyridine rings is 1. The Labute approximate surface area is 85.1 Å². The van der Waals surface area contributed by atoms with Gasteiger partial charge < -0.3 is 9.47 Å². The second-order valence-electron chi connectivity index (χ2n) is 3.08. The van der Waals surface area contributed by atoms with Crippen LogP contribution < -0.4 is 4.74 Å². The van der Waals surface area contributed by atoms with Crippen LogP contribution in [0.4, 0.5) is 0 Å². The molecule has 0 radical (unpaired) electrons. The Morgan fingerprint density at radius 2 is 2.14 bits per heavy atom. The summed E-state index contributed by atoms with van der Waals surface area (Å²) >= 11 is 0. The van der Waals surface area contributed by atoms with Crippen molar-refractivity contribution >= 4 is 0 Å². The smallest absolute Gasteiger partial charge is 0.137 e. The van der Waals surface area contributed by atoms with Gasteiger partial charge in [-0.25, -0.2) is 0 Å². The first kappa shape index (κ1) is 11.0. The molecule has 0 aliphatic rings. The number of aryl methyl sites for hydroxylation is 1. The predicted octanol–water partition coefficient (Wildman–Crippen LogP) is 2.06. The van der Waals surface area contributed by atoms with Gasteiger partial charge in [0.05, 0.1) is 12.8 Å². The van der Waals surface area contributed by atoms with Gasteiger partial charge in [0.25, 0.3) is 0 Å². The van der Waals surface area contributed by atoms with E-state index < -0.39 is 0 Å². The van der Waals surface area contributed by atoms with Gasteiger partial charge in [-0.1, -0.05) is 13.3 Å². The van der Waals surface area contributed by atoms with E-state index in [0.717, 1.165) is 24.3 Å². The van der Waals surface area contributed by atoms with Crippen molar-refractivity contribution in [2.75, 3.05) is 20.3 Å². The molecular formula is C11H17NO2. The Morgan fingerprint density at radius 3 is 2.71 bits per heavy atom. The fraction of sp³-hybridized carbons (Fsp3) is 0.545. The quantitative estimate of drug-likeness (QED) is 0.651. The van der Waals surface area contributed by atoms with Crippen LogP contribution in [0.5, 0.6) is 5.75 Å². The van der Waals surface area contributed by atoms with Crippen LogP contribution in [0.1, 0.15) is 19.0 Å². The van der Waals surface area contributed by atoms with E-state index in [1.165, 1.54) is 0 Å². The summed E-state index contributed by atoms with van der Waals surface area (Å²) in [5, 5.41) is 0. The summed E-state index contributed by atoms with van der Waals surface area (Å²) in [5.41, 5.74) is 1.12. The third-order valence-electron chi connectivity index (χ3n) is 1.86. The Balaban J connectivity index is 2.38. The number of nitrogens with zero attached hydrogens (tertiary/aromatic N) is 1. The average molecular weight is 195 g/mol. The lowest BCUT2D eigenvalue weighted by molar-refractivity contribution is 0.146. The zero-order valence-corrected chi connectivity index (χ0v) is 8.82. The van der Waals surface area contributed by atoms with Gasteiger partial charge in [-0.05, 0) is 18.6 Å². The van der Waals surface area contributed by atoms with Gasteiger partial charge in [-0.15, -0.1) is 0 Å². The van der Waals surface area contributed by atoms with Crippen molar-refractivity contribution in [3.05, 3.63) is 24.0 Å². The monoisotopic (exact) mass is 195 g/mol. The van der Waals surface area contributed by atoms with Crippen molar-refractivity contribution in [3.8, 4) is 5.75 Å². The maximum absolute atomic E-state index is 5.39. The predicted molar refractivity (Wildman–Crippen MR) is 55.6 cm³/mol. The highest BCUT2D eigenvalue weighted by atomic mass is 16.5. The molecule has 1 heterocycles. The van der Waals surface area contributed by atoms with Crippen molar-refractivity contribution in [2.45, 2.75) is 19.8 Å². The van der Waals surface area contributed by atoms with E-state index in [0.29, 0.717) is 13.2 Å². The van der Waals surface area contributed by atoms with E-state index in [9.17, 15) is 0 Å². The molecule has 0 N–H and O–H groups in total. The number of aromatic nitrogens is 1. The van der Waals surface area contributed by atoms with Gasteiger partial charge in [0.1, 0.15) is 12.4 Å². The van der Waals surface area contributed by atoms with Gasteiger partial charge in [-0.3, -0.25) is 4.98 Å². The molecule has 0 amide bonds. The molecule has 78 valence electrons. The first-order chi connectivity index (χ1) is 6.86. The third-order valence-corrected chi connectivity index (χ3v) is 1.86. The second-order valence-corrected chi connectivity index (χ2v) is 3.08. The first-order valence-corrected chi connectivity index (χ1v) is 4.93. The van der Waals surface area contributed by atoms with E-state index in [4.69, 9.17) is 9.47 Å². The number of methoxy groups -OCH3 is 1. The summed E-state index contributed by atoms with van der Waals surface area (Å²) in [5.74, 6) is 0.807. The maximum Gasteiger partial charge on any atom is 0.137 e. The molecule has 1 aromatic rings. The lowest BCUT2D eigenvalue weighted by Crippen LogP contribution is -2.04. The van der Waals surface area contributed by atoms with Crippen molar-refractivity contribution < 1.29 is 9.47 Å². The number of hydrogen-bond donors (Lipinski definition) is 0. The van der Waals surface area contributed by atoms with E-state index >= 15 is 0 Å². The fourth-order valence-corrected chi connectivity index (χ4v) is 1.14. The number of rotatable bonds is 6. The highest BCUT2D eigenvalue weighted by Crippen LogP contribution is 2.09. The molecule has 1 aromatic heterocycles. The van der Waals surface area contributed by atoms with Crippen molar-refractivity contribution in [3.63, 3.8) is 0 Å². The van der Waals surface area contributed by atoms with Crippen LogP contribution in [0.3, 0.4) is 0 Å². The highest BCUT2D eigenvalue weighted by molar-refractivity contribution is 5.19. The normalized spacial score (nSPS) is 10.1. The highest BCUT2D eigenvalue weighted by Gasteiger charge is 1.95. The van der Waals surface area contributed by atoms with Gasteiger partial charge in [-0.2, -0.15) is 0 Å². The lowest BCUT2D eigenvalue weighted by atomic mass is 10.2. The standard InChI is InChI=1S/C11H17NO2/c1-3-4-10-5-6-11(9-12-10)14-8-7-13-2/h5-6,9H,3-4,7-8H2,1-2H3. The minimum atomic E-state index is 0.575. The minimum absolute atomic E-state index is 0.575. The maximum atomic E-state index is 5.39. The zero-order valence-electron chi connectivity index (χ0n) is 8.82. The zero-order chi connectivity index (χ0) is 10.2. The molecule has 1 rings (SSSR count). The largest absolute Gasteiger partial charge is 0.490 e. The SMILES string of the molecule is CCCc1ccc(OCCOC)cn1. The molecule has 14 heavy (non-hydrogen) atoms. The van der Waals surface area contributed by atoms with Crippen LogP contribution in [-0.2, 0) is 11.2 Å². The summed E-state index contributed by atoms with van der Waals surface area (Å²) in [6, 6.07) is 3.96. The Morgan fingerprint density at radius 1 is 1.29 bits per heavy atom. The Hall–Kier alpha value is -1.09. The topological polar surface area (TPSA) is 31.4 Å². The number of hydrogen-bond acceptors (Lipinski definition) is 3. The van der Waals surface area contributed by atoms with E-state index in [2.05, 4.69) is 11.9 Å². The first-order valence-electron chi connectivity index (χ1n) is 4.93. The fourth-order valence-electron chi connectivity index (χ4n) is 1.14. The van der Waals surface area contributed by atoms with E-state index in [1.54, 1.807) is 13.3 Å². The lowest BCUT2D eigenvalue weighted by Gasteiger charge is -2.05. The average Bonchev–Trinajstić information content (AvgIpc) is 2.21. The Kier molecular flexibility index (Phi) is 5.00. The summed E-state index contributed by atoms with van der Waals surface area (Å²) < 4.78 is 10.3. The summed E-state index contributed by atoms with van der Waals surface area (Å²) in [4.78, 5) is 4.28. The van der Waals surface area contributed by atoms with Gasteiger partial charge in [0.15, 0.2) is 0 Å². The molecule has 0 unspecified atom stereocenters. The molecule has 0 atom stereocenters. The second kappa shape index (κ2) is 6.38. The third kappa shape index (κ3) is 3.75. The molecule has 0 bridgehead atoms. The molecule has 0 aliphatic carbocycles. The van der Waals surface area contributed by atoms with Gasteiger partial charge in [0.2, 0.25) is 0 Å².